The summed E-state index contributed by atoms with van der Waals surface area (Å²) in [6.45, 7) is 10.7. The number of ether oxygens (including phenoxy) is 7. The fourth-order valence-electron chi connectivity index (χ4n) is 8.46. The molecule has 0 aromatic heterocycles. The Hall–Kier alpha value is -5.82. The molecule has 5 aromatic rings. The highest BCUT2D eigenvalue weighted by Crippen LogP contribution is 2.36. The molecule has 5 aromatic carbocycles. The summed E-state index contributed by atoms with van der Waals surface area (Å²) in [5.74, 6) is 0. The number of rotatable bonds is 18. The van der Waals surface area contributed by atoms with Crippen molar-refractivity contribution in [2.45, 2.75) is 122 Å². The van der Waals surface area contributed by atoms with Crippen LogP contribution in [0.1, 0.15) is 68.9 Å². The number of carbonyl (C=O) groups excluding carboxylic acids is 2. The molecule has 0 N–H and O–H groups in total. The molecule has 66 heavy (non-hydrogen) atoms. The highest BCUT2D eigenvalue weighted by atomic mass is 16.6. The zero-order valence-corrected chi connectivity index (χ0v) is 38.8. The molecule has 7 rings (SSSR count). The third-order valence-electron chi connectivity index (χ3n) is 11.6. The van der Waals surface area contributed by atoms with Gasteiger partial charge in [-0.3, -0.25) is 9.80 Å². The normalized spacial score (nSPS) is 21.8. The van der Waals surface area contributed by atoms with Crippen LogP contribution in [-0.4, -0.2) is 83.0 Å². The first kappa shape index (κ1) is 48.1. The van der Waals surface area contributed by atoms with Crippen LogP contribution in [0.3, 0.4) is 0 Å². The van der Waals surface area contributed by atoms with Crippen LogP contribution in [-0.2, 0) is 66.2 Å². The lowest BCUT2D eigenvalue weighted by Crippen LogP contribution is -2.70. The molecule has 2 heterocycles. The van der Waals surface area contributed by atoms with E-state index in [0.29, 0.717) is 13.0 Å². The summed E-state index contributed by atoms with van der Waals surface area (Å²) >= 11 is 0. The topological polar surface area (TPSA) is 105 Å². The van der Waals surface area contributed by atoms with Crippen molar-refractivity contribution in [3.63, 3.8) is 0 Å². The van der Waals surface area contributed by atoms with E-state index in [-0.39, 0.29) is 39.6 Å². The Morgan fingerprint density at radius 2 is 1.02 bits per heavy atom. The molecule has 2 saturated heterocycles. The molecule has 0 radical (unpaired) electrons. The summed E-state index contributed by atoms with van der Waals surface area (Å²) in [5, 5.41) is 0. The van der Waals surface area contributed by atoms with Gasteiger partial charge in [0.15, 0.2) is 0 Å². The van der Waals surface area contributed by atoms with Crippen molar-refractivity contribution in [2.24, 2.45) is 0 Å². The Labute approximate surface area is 390 Å². The Balaban J connectivity index is 1.31. The highest BCUT2D eigenvalue weighted by molar-refractivity contribution is 5.70. The molecule has 6 atom stereocenters. The average Bonchev–Trinajstić information content (AvgIpc) is 3.63. The van der Waals surface area contributed by atoms with E-state index in [9.17, 15) is 4.79 Å². The number of carbonyl (C=O) groups is 2. The minimum absolute atomic E-state index is 0.0503. The predicted octanol–water partition coefficient (Wildman–Crippen LogP) is 10.7. The molecule has 0 spiro atoms. The number of amides is 2. The van der Waals surface area contributed by atoms with Crippen LogP contribution in [0.5, 0.6) is 0 Å². The summed E-state index contributed by atoms with van der Waals surface area (Å²) in [6, 6.07) is 47.6. The number of benzene rings is 5. The van der Waals surface area contributed by atoms with E-state index in [1.165, 1.54) is 0 Å². The van der Waals surface area contributed by atoms with E-state index >= 15 is 4.79 Å². The molecule has 2 fully saturated rings. The smallest absolute Gasteiger partial charge is 0.413 e. The standard InChI is InChI=1S/C55H64N2O9/c1-54(2,3)66-53(59)57-46(39-65-55(57,4)5)32-21-33-47-49(61-35-42-24-13-7-14-25-42)51(63-37-44-28-17-9-18-29-44)50(62-36-43-26-15-8-16-27-43)48(40-60-34-41-22-11-6-12-23-41)56(47)52(58)64-38-45-30-19-10-20-31-45/h6-32,46-51H,33-40H2,1-5H3/b32-21+/t46-,47-,48-,49-,50+,51+/m0/s1. The number of piperidine rings is 1. The van der Waals surface area contributed by atoms with Crippen molar-refractivity contribution in [3.8, 4) is 0 Å². The van der Waals surface area contributed by atoms with Gasteiger partial charge in [-0.1, -0.05) is 164 Å². The van der Waals surface area contributed by atoms with E-state index in [1.54, 1.807) is 9.80 Å². The second kappa shape index (κ2) is 23.1. The van der Waals surface area contributed by atoms with E-state index in [4.69, 9.17) is 33.2 Å². The maximum atomic E-state index is 15.1. The van der Waals surface area contributed by atoms with E-state index < -0.39 is 59.9 Å². The van der Waals surface area contributed by atoms with Gasteiger partial charge in [-0.25, -0.2) is 9.59 Å². The maximum absolute atomic E-state index is 15.1. The van der Waals surface area contributed by atoms with Crippen molar-refractivity contribution >= 4 is 12.2 Å². The first-order valence-corrected chi connectivity index (χ1v) is 22.9. The van der Waals surface area contributed by atoms with Gasteiger partial charge in [0.05, 0.1) is 57.8 Å². The zero-order valence-electron chi connectivity index (χ0n) is 38.8. The SMILES string of the molecule is CC(C)(C)OC(=O)N1[C@@H](/C=C/C[C@H]2[C@H](OCc3ccccc3)[C@@H](OCc3ccccc3)[C@H](OCc3ccccc3)[C@H](COCc3ccccc3)N2C(=O)OCc2ccccc2)COC1(C)C. The van der Waals surface area contributed by atoms with E-state index in [2.05, 4.69) is 0 Å². The third kappa shape index (κ3) is 13.4. The number of nitrogens with zero attached hydrogens (tertiary/aromatic N) is 2. The maximum Gasteiger partial charge on any atom is 0.413 e. The second-order valence-corrected chi connectivity index (χ2v) is 18.2. The summed E-state index contributed by atoms with van der Waals surface area (Å²) in [6.07, 6.45) is 1.03. The molecule has 11 nitrogen and oxygen atoms in total. The molecule has 2 aliphatic heterocycles. The van der Waals surface area contributed by atoms with Crippen molar-refractivity contribution in [3.05, 3.63) is 192 Å². The Kier molecular flexibility index (Phi) is 16.8. The lowest BCUT2D eigenvalue weighted by molar-refractivity contribution is -0.222. The average molecular weight is 897 g/mol. The van der Waals surface area contributed by atoms with Crippen LogP contribution in [0, 0.1) is 0 Å². The molecule has 2 aliphatic rings. The Bertz CT molecular complexity index is 2260. The molecule has 0 bridgehead atoms. The van der Waals surface area contributed by atoms with Gasteiger partial charge in [0.2, 0.25) is 0 Å². The van der Waals surface area contributed by atoms with Gasteiger partial charge in [0.1, 0.15) is 36.2 Å². The molecule has 0 aliphatic carbocycles. The van der Waals surface area contributed by atoms with E-state index in [1.807, 2.05) is 198 Å². The van der Waals surface area contributed by atoms with Crippen molar-refractivity contribution in [1.29, 1.82) is 0 Å². The van der Waals surface area contributed by atoms with Crippen molar-refractivity contribution < 1.29 is 42.7 Å². The van der Waals surface area contributed by atoms with Gasteiger partial charge >= 0.3 is 12.2 Å². The number of hydrogen-bond acceptors (Lipinski definition) is 9. The van der Waals surface area contributed by atoms with Gasteiger partial charge in [0, 0.05) is 0 Å². The molecule has 0 unspecified atom stereocenters. The van der Waals surface area contributed by atoms with Gasteiger partial charge in [-0.2, -0.15) is 0 Å². The summed E-state index contributed by atoms with van der Waals surface area (Å²) in [7, 11) is 0. The predicted molar refractivity (Wildman–Crippen MR) is 253 cm³/mol. The Morgan fingerprint density at radius 1 is 0.591 bits per heavy atom. The largest absolute Gasteiger partial charge is 0.445 e. The van der Waals surface area contributed by atoms with E-state index in [0.717, 1.165) is 27.8 Å². The van der Waals surface area contributed by atoms with Gasteiger partial charge < -0.3 is 33.2 Å². The molecule has 348 valence electrons. The van der Waals surface area contributed by atoms with Crippen LogP contribution in [0.2, 0.25) is 0 Å². The molecule has 2 amide bonds. The first-order chi connectivity index (χ1) is 31.9. The Morgan fingerprint density at radius 3 is 1.48 bits per heavy atom. The highest BCUT2D eigenvalue weighted by Gasteiger charge is 2.54. The lowest BCUT2D eigenvalue weighted by atomic mass is 9.85. The van der Waals surface area contributed by atoms with Crippen LogP contribution >= 0.6 is 0 Å². The van der Waals surface area contributed by atoms with Crippen LogP contribution in [0.15, 0.2) is 164 Å². The minimum atomic E-state index is -0.919. The van der Waals surface area contributed by atoms with Gasteiger partial charge in [-0.05, 0) is 68.9 Å². The number of hydrogen-bond donors (Lipinski definition) is 0. The molecule has 11 heteroatoms. The monoisotopic (exact) mass is 896 g/mol. The van der Waals surface area contributed by atoms with Crippen LogP contribution in [0.4, 0.5) is 9.59 Å². The van der Waals surface area contributed by atoms with Gasteiger partial charge in [0.25, 0.3) is 0 Å². The first-order valence-electron chi connectivity index (χ1n) is 22.9. The fraction of sp³-hybridized carbons (Fsp3) is 0.382. The molecular formula is C55H64N2O9. The molecule has 0 saturated carbocycles. The summed E-state index contributed by atoms with van der Waals surface area (Å²) in [4.78, 5) is 32.2. The van der Waals surface area contributed by atoms with Crippen molar-refractivity contribution in [2.75, 3.05) is 13.2 Å². The van der Waals surface area contributed by atoms with Gasteiger partial charge in [-0.15, -0.1) is 0 Å². The third-order valence-corrected chi connectivity index (χ3v) is 11.6. The minimum Gasteiger partial charge on any atom is -0.445 e. The fourth-order valence-corrected chi connectivity index (χ4v) is 8.46. The lowest BCUT2D eigenvalue weighted by Gasteiger charge is -2.52. The zero-order chi connectivity index (χ0) is 46.4. The molecular weight excluding hydrogens is 833 g/mol. The van der Waals surface area contributed by atoms with Crippen LogP contribution < -0.4 is 0 Å². The summed E-state index contributed by atoms with van der Waals surface area (Å²) in [5.41, 5.74) is 3.11. The second-order valence-electron chi connectivity index (χ2n) is 18.2. The quantitative estimate of drug-likeness (QED) is 0.0795. The number of likely N-dealkylation sites (tertiary alicyclic amines) is 1. The van der Waals surface area contributed by atoms with Crippen molar-refractivity contribution in [1.82, 2.24) is 9.80 Å². The van der Waals surface area contributed by atoms with Crippen LogP contribution in [0.25, 0.3) is 0 Å². The summed E-state index contributed by atoms with van der Waals surface area (Å²) < 4.78 is 46.0.